The molecule has 1 N–H and O–H groups in total. The van der Waals surface area contributed by atoms with Gasteiger partial charge in [0.25, 0.3) is 0 Å². The molecule has 2 aromatic rings. The number of aliphatic hydroxyl groups excluding tert-OH is 1. The van der Waals surface area contributed by atoms with Crippen molar-refractivity contribution < 1.29 is 5.11 Å². The number of nitrogens with zero attached hydrogens (tertiary/aromatic N) is 2. The highest BCUT2D eigenvalue weighted by atomic mass is 16.3. The van der Waals surface area contributed by atoms with Crippen LogP contribution < -0.4 is 0 Å². The summed E-state index contributed by atoms with van der Waals surface area (Å²) in [6, 6.07) is 7.94. The Bertz CT molecular complexity index is 474. The van der Waals surface area contributed by atoms with Crippen LogP contribution >= 0.6 is 0 Å². The lowest BCUT2D eigenvalue weighted by molar-refractivity contribution is 0.276. The van der Waals surface area contributed by atoms with Gasteiger partial charge in [0, 0.05) is 6.20 Å². The fourth-order valence-corrected chi connectivity index (χ4v) is 1.56. The average Bonchev–Trinajstić information content (AvgIpc) is 2.70. The smallest absolute Gasteiger partial charge is 0.0883 e. The first-order valence-electron chi connectivity index (χ1n) is 4.94. The minimum atomic E-state index is -0.0160. The van der Waals surface area contributed by atoms with Gasteiger partial charge < -0.3 is 5.11 Å². The Hall–Kier alpha value is -1.61. The van der Waals surface area contributed by atoms with E-state index in [-0.39, 0.29) is 6.61 Å². The second kappa shape index (κ2) is 3.87. The van der Waals surface area contributed by atoms with Gasteiger partial charge in [-0.15, -0.1) is 0 Å². The lowest BCUT2D eigenvalue weighted by atomic mass is 10.1. The summed E-state index contributed by atoms with van der Waals surface area (Å²) >= 11 is 0. The van der Waals surface area contributed by atoms with Crippen LogP contribution in [0.25, 0.3) is 5.69 Å². The Balaban J connectivity index is 2.49. The van der Waals surface area contributed by atoms with Crippen molar-refractivity contribution in [3.8, 4) is 5.69 Å². The molecule has 0 unspecified atom stereocenters. The van der Waals surface area contributed by atoms with Crippen LogP contribution in [0.15, 0.2) is 30.5 Å². The molecule has 0 amide bonds. The SMILES string of the molecule is Cc1cccc(-n2ccc(CO)n2)c1C. The summed E-state index contributed by atoms with van der Waals surface area (Å²) < 4.78 is 1.80. The lowest BCUT2D eigenvalue weighted by Gasteiger charge is -2.07. The van der Waals surface area contributed by atoms with Gasteiger partial charge in [-0.25, -0.2) is 4.68 Å². The quantitative estimate of drug-likeness (QED) is 0.808. The highest BCUT2D eigenvalue weighted by Gasteiger charge is 2.04. The zero-order valence-corrected chi connectivity index (χ0v) is 8.94. The fraction of sp³-hybridized carbons (Fsp3) is 0.250. The molecule has 0 fully saturated rings. The molecule has 78 valence electrons. The molecule has 0 aliphatic carbocycles. The Morgan fingerprint density at radius 3 is 2.73 bits per heavy atom. The number of aryl methyl sites for hydroxylation is 1. The lowest BCUT2D eigenvalue weighted by Crippen LogP contribution is -1.99. The summed E-state index contributed by atoms with van der Waals surface area (Å²) in [5.74, 6) is 0. The number of aliphatic hydroxyl groups is 1. The molecule has 1 aromatic heterocycles. The van der Waals surface area contributed by atoms with Crippen molar-refractivity contribution in [2.45, 2.75) is 20.5 Å². The molecule has 0 spiro atoms. The Kier molecular flexibility index (Phi) is 2.56. The largest absolute Gasteiger partial charge is 0.390 e. The van der Waals surface area contributed by atoms with Crippen molar-refractivity contribution in [2.75, 3.05) is 0 Å². The minimum absolute atomic E-state index is 0.0160. The molecule has 3 heteroatoms. The molecule has 1 aromatic carbocycles. The number of hydrogen-bond donors (Lipinski definition) is 1. The predicted molar refractivity (Wildman–Crippen MR) is 59.0 cm³/mol. The molecule has 0 aliphatic rings. The predicted octanol–water partition coefficient (Wildman–Crippen LogP) is 1.98. The molecular formula is C12H14N2O. The molecule has 0 atom stereocenters. The molecule has 2 rings (SSSR count). The van der Waals surface area contributed by atoms with Crippen molar-refractivity contribution in [3.05, 3.63) is 47.3 Å². The van der Waals surface area contributed by atoms with Crippen LogP contribution in [0.1, 0.15) is 16.8 Å². The van der Waals surface area contributed by atoms with Crippen LogP contribution in [-0.2, 0) is 6.61 Å². The number of rotatable bonds is 2. The van der Waals surface area contributed by atoms with Crippen molar-refractivity contribution in [1.82, 2.24) is 9.78 Å². The van der Waals surface area contributed by atoms with Crippen molar-refractivity contribution in [1.29, 1.82) is 0 Å². The van der Waals surface area contributed by atoms with Gasteiger partial charge in [0.2, 0.25) is 0 Å². The maximum absolute atomic E-state index is 8.95. The van der Waals surface area contributed by atoms with E-state index >= 15 is 0 Å². The zero-order valence-electron chi connectivity index (χ0n) is 8.94. The van der Waals surface area contributed by atoms with Gasteiger partial charge in [0.05, 0.1) is 18.0 Å². The molecular weight excluding hydrogens is 188 g/mol. The van der Waals surface area contributed by atoms with Crippen LogP contribution in [0.4, 0.5) is 0 Å². The second-order valence-corrected chi connectivity index (χ2v) is 3.63. The van der Waals surface area contributed by atoms with Crippen molar-refractivity contribution in [2.24, 2.45) is 0 Å². The average molecular weight is 202 g/mol. The highest BCUT2D eigenvalue weighted by Crippen LogP contribution is 2.16. The summed E-state index contributed by atoms with van der Waals surface area (Å²) in [7, 11) is 0. The summed E-state index contributed by atoms with van der Waals surface area (Å²) in [6.45, 7) is 4.14. The third-order valence-electron chi connectivity index (χ3n) is 2.63. The Labute approximate surface area is 89.0 Å². The van der Waals surface area contributed by atoms with Crippen molar-refractivity contribution >= 4 is 0 Å². The molecule has 0 saturated heterocycles. The van der Waals surface area contributed by atoms with E-state index in [0.29, 0.717) is 5.69 Å². The third-order valence-corrected chi connectivity index (χ3v) is 2.63. The van der Waals surface area contributed by atoms with Gasteiger partial charge >= 0.3 is 0 Å². The topological polar surface area (TPSA) is 38.0 Å². The molecule has 0 radical (unpaired) electrons. The fourth-order valence-electron chi connectivity index (χ4n) is 1.56. The molecule has 0 bridgehead atoms. The van der Waals surface area contributed by atoms with Crippen LogP contribution in [0.3, 0.4) is 0 Å². The maximum Gasteiger partial charge on any atom is 0.0883 e. The summed E-state index contributed by atoms with van der Waals surface area (Å²) in [5.41, 5.74) is 4.21. The van der Waals surface area contributed by atoms with Gasteiger partial charge in [-0.05, 0) is 37.1 Å². The van der Waals surface area contributed by atoms with E-state index in [1.54, 1.807) is 4.68 Å². The first-order valence-corrected chi connectivity index (χ1v) is 4.94. The second-order valence-electron chi connectivity index (χ2n) is 3.63. The normalized spacial score (nSPS) is 10.6. The molecule has 3 nitrogen and oxygen atoms in total. The molecule has 15 heavy (non-hydrogen) atoms. The van der Waals surface area contributed by atoms with E-state index in [9.17, 15) is 0 Å². The highest BCUT2D eigenvalue weighted by molar-refractivity contribution is 5.44. The van der Waals surface area contributed by atoms with Gasteiger partial charge in [-0.3, -0.25) is 0 Å². The van der Waals surface area contributed by atoms with Crippen LogP contribution in [0.5, 0.6) is 0 Å². The van der Waals surface area contributed by atoms with Crippen LogP contribution in [0.2, 0.25) is 0 Å². The summed E-state index contributed by atoms with van der Waals surface area (Å²) in [4.78, 5) is 0. The number of aromatic nitrogens is 2. The van der Waals surface area contributed by atoms with E-state index in [2.05, 4.69) is 25.0 Å². The Morgan fingerprint density at radius 1 is 1.27 bits per heavy atom. The Morgan fingerprint density at radius 2 is 2.07 bits per heavy atom. The van der Waals surface area contributed by atoms with Gasteiger partial charge in [-0.2, -0.15) is 5.10 Å². The molecule has 0 aliphatic heterocycles. The van der Waals surface area contributed by atoms with Crippen LogP contribution in [-0.4, -0.2) is 14.9 Å². The van der Waals surface area contributed by atoms with Gasteiger partial charge in [0.15, 0.2) is 0 Å². The first kappa shape index (κ1) is 9.93. The molecule has 0 saturated carbocycles. The van der Waals surface area contributed by atoms with Gasteiger partial charge in [0.1, 0.15) is 0 Å². The summed E-state index contributed by atoms with van der Waals surface area (Å²) in [5, 5.41) is 13.2. The summed E-state index contributed by atoms with van der Waals surface area (Å²) in [6.07, 6.45) is 1.87. The zero-order chi connectivity index (χ0) is 10.8. The van der Waals surface area contributed by atoms with E-state index in [1.165, 1.54) is 11.1 Å². The van der Waals surface area contributed by atoms with Crippen LogP contribution in [0, 0.1) is 13.8 Å². The maximum atomic E-state index is 8.95. The standard InChI is InChI=1S/C12H14N2O/c1-9-4-3-5-12(10(9)2)14-7-6-11(8-15)13-14/h3-7,15H,8H2,1-2H3. The van der Waals surface area contributed by atoms with E-state index in [4.69, 9.17) is 5.11 Å². The van der Waals surface area contributed by atoms with E-state index in [0.717, 1.165) is 5.69 Å². The minimum Gasteiger partial charge on any atom is -0.390 e. The van der Waals surface area contributed by atoms with E-state index < -0.39 is 0 Å². The first-order chi connectivity index (χ1) is 7.22. The molecule has 1 heterocycles. The third kappa shape index (κ3) is 1.78. The van der Waals surface area contributed by atoms with E-state index in [1.807, 2.05) is 24.4 Å². The number of benzene rings is 1. The monoisotopic (exact) mass is 202 g/mol. The van der Waals surface area contributed by atoms with Crippen molar-refractivity contribution in [3.63, 3.8) is 0 Å². The number of hydrogen-bond acceptors (Lipinski definition) is 2. The van der Waals surface area contributed by atoms with Gasteiger partial charge in [-0.1, -0.05) is 12.1 Å².